The van der Waals surface area contributed by atoms with Gasteiger partial charge in [-0.05, 0) is 18.6 Å². The van der Waals surface area contributed by atoms with E-state index in [9.17, 15) is 13.2 Å². The van der Waals surface area contributed by atoms with E-state index in [1.807, 2.05) is 0 Å². The molecule has 1 atom stereocenters. The Bertz CT molecular complexity index is 633. The topological polar surface area (TPSA) is 101 Å². The lowest BCUT2D eigenvalue weighted by Crippen LogP contribution is -2.16. The van der Waals surface area contributed by atoms with Crippen LogP contribution in [0.15, 0.2) is 47.9 Å². The maximum atomic E-state index is 10.7. The lowest BCUT2D eigenvalue weighted by Gasteiger charge is -2.08. The SMILES string of the molecule is C=C(C)C(=O)OC(O)CC.C=Cc1ccccc1S(=O)(=O)O. The van der Waals surface area contributed by atoms with E-state index in [0.717, 1.165) is 0 Å². The molecule has 0 heterocycles. The molecule has 0 bridgehead atoms. The third kappa shape index (κ3) is 7.16. The molecule has 0 spiro atoms. The van der Waals surface area contributed by atoms with Crippen molar-refractivity contribution in [2.24, 2.45) is 0 Å². The van der Waals surface area contributed by atoms with Crippen LogP contribution in [0.3, 0.4) is 0 Å². The quantitative estimate of drug-likeness (QED) is 0.372. The van der Waals surface area contributed by atoms with E-state index >= 15 is 0 Å². The zero-order valence-corrected chi connectivity index (χ0v) is 13.3. The molecule has 1 aromatic rings. The van der Waals surface area contributed by atoms with E-state index in [2.05, 4.69) is 17.9 Å². The molecule has 0 saturated carbocycles. The van der Waals surface area contributed by atoms with Gasteiger partial charge >= 0.3 is 5.97 Å². The second-order valence-electron chi connectivity index (χ2n) is 4.27. The molecular weight excluding hydrogens is 308 g/mol. The van der Waals surface area contributed by atoms with Crippen LogP contribution in [0.2, 0.25) is 0 Å². The van der Waals surface area contributed by atoms with Gasteiger partial charge in [-0.1, -0.05) is 44.4 Å². The maximum absolute atomic E-state index is 10.7. The predicted molar refractivity (Wildman–Crippen MR) is 83.6 cm³/mol. The minimum atomic E-state index is -4.12. The van der Waals surface area contributed by atoms with Crippen molar-refractivity contribution in [2.45, 2.75) is 31.5 Å². The first-order valence-corrected chi connectivity index (χ1v) is 7.81. The third-order valence-corrected chi connectivity index (χ3v) is 3.29. The van der Waals surface area contributed by atoms with Crippen LogP contribution in [0, 0.1) is 0 Å². The summed E-state index contributed by atoms with van der Waals surface area (Å²) in [4.78, 5) is 10.5. The fourth-order valence-electron chi connectivity index (χ4n) is 1.19. The van der Waals surface area contributed by atoms with Gasteiger partial charge in [-0.3, -0.25) is 4.55 Å². The number of hydrogen-bond acceptors (Lipinski definition) is 5. The van der Waals surface area contributed by atoms with Gasteiger partial charge in [0.1, 0.15) is 4.90 Å². The van der Waals surface area contributed by atoms with Gasteiger partial charge in [0.15, 0.2) is 0 Å². The normalized spacial score (nSPS) is 11.6. The van der Waals surface area contributed by atoms with Crippen molar-refractivity contribution in [3.63, 3.8) is 0 Å². The van der Waals surface area contributed by atoms with Crippen LogP contribution in [-0.4, -0.2) is 30.3 Å². The summed E-state index contributed by atoms with van der Waals surface area (Å²) in [5, 5.41) is 8.79. The zero-order valence-electron chi connectivity index (χ0n) is 12.5. The number of esters is 1. The summed E-state index contributed by atoms with van der Waals surface area (Å²) >= 11 is 0. The van der Waals surface area contributed by atoms with Crippen molar-refractivity contribution >= 4 is 22.2 Å². The zero-order chi connectivity index (χ0) is 17.3. The van der Waals surface area contributed by atoms with Crippen molar-refractivity contribution in [2.75, 3.05) is 0 Å². The van der Waals surface area contributed by atoms with Gasteiger partial charge in [-0.25, -0.2) is 4.79 Å². The summed E-state index contributed by atoms with van der Waals surface area (Å²) in [6.07, 6.45) is 0.784. The molecular formula is C15H20O6S. The van der Waals surface area contributed by atoms with Gasteiger partial charge in [0.2, 0.25) is 6.29 Å². The molecule has 22 heavy (non-hydrogen) atoms. The average molecular weight is 328 g/mol. The Morgan fingerprint density at radius 2 is 1.95 bits per heavy atom. The summed E-state index contributed by atoms with van der Waals surface area (Å²) in [6, 6.07) is 6.10. The van der Waals surface area contributed by atoms with Crippen molar-refractivity contribution in [3.05, 3.63) is 48.6 Å². The molecule has 0 radical (unpaired) electrons. The van der Waals surface area contributed by atoms with Crippen LogP contribution in [0.5, 0.6) is 0 Å². The molecule has 0 fully saturated rings. The number of ether oxygens (including phenoxy) is 1. The largest absolute Gasteiger partial charge is 0.433 e. The maximum Gasteiger partial charge on any atom is 0.335 e. The van der Waals surface area contributed by atoms with Crippen molar-refractivity contribution < 1.29 is 27.6 Å². The number of carbonyl (C=O) groups is 1. The summed E-state index contributed by atoms with van der Waals surface area (Å²) in [5.74, 6) is -0.547. The second kappa shape index (κ2) is 9.14. The summed E-state index contributed by atoms with van der Waals surface area (Å²) in [6.45, 7) is 10.0. The molecule has 0 aliphatic carbocycles. The summed E-state index contributed by atoms with van der Waals surface area (Å²) in [5.41, 5.74) is 0.701. The molecule has 0 aliphatic rings. The fourth-order valence-corrected chi connectivity index (χ4v) is 1.89. The average Bonchev–Trinajstić information content (AvgIpc) is 2.46. The Morgan fingerprint density at radius 1 is 1.41 bits per heavy atom. The molecule has 1 aromatic carbocycles. The minimum Gasteiger partial charge on any atom is -0.433 e. The van der Waals surface area contributed by atoms with Crippen LogP contribution in [0.1, 0.15) is 25.8 Å². The van der Waals surface area contributed by atoms with Crippen LogP contribution < -0.4 is 0 Å². The van der Waals surface area contributed by atoms with Crippen molar-refractivity contribution in [1.82, 2.24) is 0 Å². The Labute approximate surface area is 130 Å². The van der Waals surface area contributed by atoms with Gasteiger partial charge < -0.3 is 9.84 Å². The molecule has 0 aromatic heterocycles. The standard InChI is InChI=1S/C8H8O3S.C7H12O3/c1-2-7-5-3-4-6-8(7)12(9,10)11;1-4-6(8)10-7(9)5(2)3/h2-6H,1H2,(H,9,10,11);6,8H,2,4H2,1,3H3. The molecule has 0 aliphatic heterocycles. The first-order valence-electron chi connectivity index (χ1n) is 6.37. The summed E-state index contributed by atoms with van der Waals surface area (Å²) < 4.78 is 34.6. The van der Waals surface area contributed by atoms with Gasteiger partial charge in [0, 0.05) is 12.0 Å². The van der Waals surface area contributed by atoms with Crippen LogP contribution >= 0.6 is 0 Å². The van der Waals surface area contributed by atoms with Crippen LogP contribution in [-0.2, 0) is 19.6 Å². The second-order valence-corrected chi connectivity index (χ2v) is 5.66. The lowest BCUT2D eigenvalue weighted by atomic mass is 10.2. The minimum absolute atomic E-state index is 0.111. The molecule has 122 valence electrons. The van der Waals surface area contributed by atoms with Crippen molar-refractivity contribution in [1.29, 1.82) is 0 Å². The third-order valence-electron chi connectivity index (χ3n) is 2.36. The smallest absolute Gasteiger partial charge is 0.335 e. The van der Waals surface area contributed by atoms with E-state index in [0.29, 0.717) is 17.6 Å². The van der Waals surface area contributed by atoms with Crippen molar-refractivity contribution in [3.8, 4) is 0 Å². The highest BCUT2D eigenvalue weighted by Gasteiger charge is 2.11. The summed E-state index contributed by atoms with van der Waals surface area (Å²) in [7, 11) is -4.12. The van der Waals surface area contributed by atoms with E-state index in [-0.39, 0.29) is 4.90 Å². The number of aliphatic hydroxyl groups excluding tert-OH is 1. The van der Waals surface area contributed by atoms with Gasteiger partial charge in [-0.15, -0.1) is 0 Å². The molecule has 1 rings (SSSR count). The Balaban J connectivity index is 0.000000409. The van der Waals surface area contributed by atoms with E-state index in [4.69, 9.17) is 9.66 Å². The molecule has 2 N–H and O–H groups in total. The number of hydrogen-bond donors (Lipinski definition) is 2. The number of aliphatic hydroxyl groups is 1. The predicted octanol–water partition coefficient (Wildman–Crippen LogP) is 2.41. The molecule has 0 amide bonds. The Morgan fingerprint density at radius 3 is 2.32 bits per heavy atom. The number of carbonyl (C=O) groups excluding carboxylic acids is 1. The van der Waals surface area contributed by atoms with Gasteiger partial charge in [0.25, 0.3) is 10.1 Å². The highest BCUT2D eigenvalue weighted by molar-refractivity contribution is 7.85. The first-order chi connectivity index (χ1) is 10.1. The lowest BCUT2D eigenvalue weighted by molar-refractivity contribution is -0.162. The Hall–Kier alpha value is -1.96. The molecule has 1 unspecified atom stereocenters. The molecule has 7 heteroatoms. The fraction of sp³-hybridized carbons (Fsp3) is 0.267. The van der Waals surface area contributed by atoms with Gasteiger partial charge in [0.05, 0.1) is 0 Å². The van der Waals surface area contributed by atoms with E-state index in [1.54, 1.807) is 19.1 Å². The van der Waals surface area contributed by atoms with Gasteiger partial charge in [-0.2, -0.15) is 8.42 Å². The first kappa shape index (κ1) is 20.0. The monoisotopic (exact) mass is 328 g/mol. The van der Waals surface area contributed by atoms with Crippen LogP contribution in [0.4, 0.5) is 0 Å². The highest BCUT2D eigenvalue weighted by Crippen LogP contribution is 2.15. The number of benzene rings is 1. The number of rotatable bonds is 5. The molecule has 6 nitrogen and oxygen atoms in total. The van der Waals surface area contributed by atoms with E-state index < -0.39 is 22.4 Å². The molecule has 0 saturated heterocycles. The highest BCUT2D eigenvalue weighted by atomic mass is 32.2. The van der Waals surface area contributed by atoms with Crippen LogP contribution in [0.25, 0.3) is 6.08 Å². The van der Waals surface area contributed by atoms with E-state index in [1.165, 1.54) is 25.1 Å². The Kier molecular flexibility index (Phi) is 8.32.